The number of fused-ring (bicyclic) bond motifs is 1. The van der Waals surface area contributed by atoms with Gasteiger partial charge in [-0.25, -0.2) is 0 Å². The van der Waals surface area contributed by atoms with Crippen molar-refractivity contribution in [2.75, 3.05) is 0 Å². The number of hydrogen-bond donors (Lipinski definition) is 1. The summed E-state index contributed by atoms with van der Waals surface area (Å²) in [6, 6.07) is 8.79. The topological polar surface area (TPSA) is 43.8 Å². The Morgan fingerprint density at radius 1 is 1.18 bits per heavy atom. The Labute approximate surface area is 101 Å². The largest absolute Gasteiger partial charge is 0.325 e. The zero-order chi connectivity index (χ0) is 11.7. The predicted molar refractivity (Wildman–Crippen MR) is 67.7 cm³/mol. The van der Waals surface area contributed by atoms with Crippen LogP contribution in [-0.4, -0.2) is 9.78 Å². The van der Waals surface area contributed by atoms with Gasteiger partial charge in [-0.15, -0.1) is 0 Å². The van der Waals surface area contributed by atoms with E-state index < -0.39 is 0 Å². The first kappa shape index (κ1) is 10.5. The number of rotatable bonds is 3. The molecule has 2 N–H and O–H groups in total. The van der Waals surface area contributed by atoms with Gasteiger partial charge in [-0.1, -0.05) is 18.2 Å². The molecule has 1 aliphatic carbocycles. The van der Waals surface area contributed by atoms with E-state index in [0.717, 1.165) is 12.2 Å². The highest BCUT2D eigenvalue weighted by molar-refractivity contribution is 5.35. The lowest BCUT2D eigenvalue weighted by atomic mass is 10.1. The van der Waals surface area contributed by atoms with Crippen LogP contribution in [0.2, 0.25) is 0 Å². The number of nitrogens with two attached hydrogens (primary N) is 1. The van der Waals surface area contributed by atoms with Crippen LogP contribution < -0.4 is 5.73 Å². The van der Waals surface area contributed by atoms with Crippen molar-refractivity contribution in [3.63, 3.8) is 0 Å². The Morgan fingerprint density at radius 2 is 2.06 bits per heavy atom. The van der Waals surface area contributed by atoms with Crippen molar-refractivity contribution in [3.05, 3.63) is 52.8 Å². The first-order valence-electron chi connectivity index (χ1n) is 6.18. The number of nitrogens with zero attached hydrogens (tertiary/aromatic N) is 2. The van der Waals surface area contributed by atoms with E-state index in [1.807, 2.05) is 16.9 Å². The molecule has 3 heteroatoms. The molecule has 88 valence electrons. The molecule has 3 nitrogen and oxygen atoms in total. The van der Waals surface area contributed by atoms with E-state index in [4.69, 9.17) is 5.73 Å². The Kier molecular flexibility index (Phi) is 2.69. The summed E-state index contributed by atoms with van der Waals surface area (Å²) < 4.78 is 1.96. The summed E-state index contributed by atoms with van der Waals surface area (Å²) in [5.74, 6) is 0. The number of benzene rings is 1. The van der Waals surface area contributed by atoms with Gasteiger partial charge in [-0.05, 0) is 42.0 Å². The van der Waals surface area contributed by atoms with Crippen molar-refractivity contribution in [1.29, 1.82) is 0 Å². The highest BCUT2D eigenvalue weighted by Crippen LogP contribution is 2.23. The maximum Gasteiger partial charge on any atom is 0.0760 e. The van der Waals surface area contributed by atoms with E-state index in [1.165, 1.54) is 36.0 Å². The van der Waals surface area contributed by atoms with Gasteiger partial charge in [0.2, 0.25) is 0 Å². The molecule has 0 spiro atoms. The molecule has 17 heavy (non-hydrogen) atoms. The average molecular weight is 227 g/mol. The molecule has 3 rings (SSSR count). The third-order valence-electron chi connectivity index (χ3n) is 3.41. The number of aromatic nitrogens is 2. The van der Waals surface area contributed by atoms with Gasteiger partial charge in [0.1, 0.15) is 0 Å². The van der Waals surface area contributed by atoms with E-state index in [2.05, 4.69) is 23.3 Å². The Hall–Kier alpha value is -1.61. The molecule has 0 unspecified atom stereocenters. The standard InChI is InChI=1S/C14H17N3/c15-9-14-6-7-17(16-14)10-11-4-5-12-2-1-3-13(12)8-11/h4-8H,1-3,9-10,15H2. The maximum absolute atomic E-state index is 5.55. The van der Waals surface area contributed by atoms with Crippen molar-refractivity contribution in [3.8, 4) is 0 Å². The summed E-state index contributed by atoms with van der Waals surface area (Å²) >= 11 is 0. The first-order chi connectivity index (χ1) is 8.35. The second kappa shape index (κ2) is 4.34. The van der Waals surface area contributed by atoms with E-state index in [9.17, 15) is 0 Å². The van der Waals surface area contributed by atoms with E-state index in [0.29, 0.717) is 6.54 Å². The van der Waals surface area contributed by atoms with Crippen LogP contribution in [0.5, 0.6) is 0 Å². The fourth-order valence-electron chi connectivity index (χ4n) is 2.51. The van der Waals surface area contributed by atoms with Crippen LogP contribution in [0.1, 0.15) is 28.8 Å². The minimum atomic E-state index is 0.511. The fraction of sp³-hybridized carbons (Fsp3) is 0.357. The summed E-state index contributed by atoms with van der Waals surface area (Å²) in [7, 11) is 0. The van der Waals surface area contributed by atoms with Crippen LogP contribution in [0, 0.1) is 0 Å². The van der Waals surface area contributed by atoms with Gasteiger partial charge < -0.3 is 5.73 Å². The highest BCUT2D eigenvalue weighted by Gasteiger charge is 2.10. The lowest BCUT2D eigenvalue weighted by Gasteiger charge is -2.05. The van der Waals surface area contributed by atoms with E-state index in [1.54, 1.807) is 0 Å². The van der Waals surface area contributed by atoms with Crippen molar-refractivity contribution in [2.24, 2.45) is 5.73 Å². The summed E-state index contributed by atoms with van der Waals surface area (Å²) in [6.45, 7) is 1.35. The zero-order valence-corrected chi connectivity index (χ0v) is 9.89. The predicted octanol–water partition coefficient (Wildman–Crippen LogP) is 1.88. The van der Waals surface area contributed by atoms with Gasteiger partial charge in [-0.3, -0.25) is 4.68 Å². The molecule has 0 saturated carbocycles. The number of aryl methyl sites for hydroxylation is 2. The van der Waals surface area contributed by atoms with Crippen molar-refractivity contribution in [1.82, 2.24) is 9.78 Å². The van der Waals surface area contributed by atoms with Gasteiger partial charge >= 0.3 is 0 Å². The smallest absolute Gasteiger partial charge is 0.0760 e. The van der Waals surface area contributed by atoms with Crippen molar-refractivity contribution in [2.45, 2.75) is 32.4 Å². The molecule has 0 radical (unpaired) electrons. The normalized spacial score (nSPS) is 13.9. The molecule has 0 saturated heterocycles. The minimum Gasteiger partial charge on any atom is -0.325 e. The lowest BCUT2D eigenvalue weighted by Crippen LogP contribution is -2.03. The molecule has 0 amide bonds. The summed E-state index contributed by atoms with van der Waals surface area (Å²) in [5.41, 5.74) is 10.9. The lowest BCUT2D eigenvalue weighted by molar-refractivity contribution is 0.671. The molecular weight excluding hydrogens is 210 g/mol. The molecule has 0 aliphatic heterocycles. The summed E-state index contributed by atoms with van der Waals surface area (Å²) in [4.78, 5) is 0. The monoisotopic (exact) mass is 227 g/mol. The molecular formula is C14H17N3. The van der Waals surface area contributed by atoms with Crippen LogP contribution in [-0.2, 0) is 25.9 Å². The van der Waals surface area contributed by atoms with Gasteiger partial charge in [0.25, 0.3) is 0 Å². The third-order valence-corrected chi connectivity index (χ3v) is 3.41. The van der Waals surface area contributed by atoms with Crippen LogP contribution in [0.4, 0.5) is 0 Å². The Morgan fingerprint density at radius 3 is 2.88 bits per heavy atom. The molecule has 1 aromatic heterocycles. The van der Waals surface area contributed by atoms with Gasteiger partial charge in [-0.2, -0.15) is 5.10 Å². The summed E-state index contributed by atoms with van der Waals surface area (Å²) in [5, 5.41) is 4.41. The second-order valence-electron chi connectivity index (χ2n) is 4.67. The molecule has 1 aliphatic rings. The number of hydrogen-bond acceptors (Lipinski definition) is 2. The van der Waals surface area contributed by atoms with Gasteiger partial charge in [0, 0.05) is 12.7 Å². The zero-order valence-electron chi connectivity index (χ0n) is 9.89. The summed E-state index contributed by atoms with van der Waals surface area (Å²) in [6.07, 6.45) is 5.78. The third kappa shape index (κ3) is 2.11. The van der Waals surface area contributed by atoms with Gasteiger partial charge in [0.15, 0.2) is 0 Å². The van der Waals surface area contributed by atoms with Crippen LogP contribution in [0.3, 0.4) is 0 Å². The second-order valence-corrected chi connectivity index (χ2v) is 4.67. The van der Waals surface area contributed by atoms with E-state index in [-0.39, 0.29) is 0 Å². The Balaban J connectivity index is 1.80. The molecule has 0 bridgehead atoms. The van der Waals surface area contributed by atoms with Crippen LogP contribution >= 0.6 is 0 Å². The highest BCUT2D eigenvalue weighted by atomic mass is 15.3. The SMILES string of the molecule is NCc1ccn(Cc2ccc3c(c2)CCC3)n1. The molecule has 2 aromatic rings. The Bertz CT molecular complexity index is 528. The van der Waals surface area contributed by atoms with Gasteiger partial charge in [0.05, 0.1) is 12.2 Å². The quantitative estimate of drug-likeness (QED) is 0.870. The van der Waals surface area contributed by atoms with E-state index >= 15 is 0 Å². The maximum atomic E-state index is 5.55. The average Bonchev–Trinajstić information content (AvgIpc) is 2.96. The molecule has 1 heterocycles. The first-order valence-corrected chi connectivity index (χ1v) is 6.18. The van der Waals surface area contributed by atoms with Crippen LogP contribution in [0.25, 0.3) is 0 Å². The fourth-order valence-corrected chi connectivity index (χ4v) is 2.51. The van der Waals surface area contributed by atoms with Crippen molar-refractivity contribution >= 4 is 0 Å². The minimum absolute atomic E-state index is 0.511. The molecule has 1 aromatic carbocycles. The molecule has 0 atom stereocenters. The van der Waals surface area contributed by atoms with Crippen molar-refractivity contribution < 1.29 is 0 Å². The van der Waals surface area contributed by atoms with Crippen LogP contribution in [0.15, 0.2) is 30.5 Å². The molecule has 0 fully saturated rings.